The molecule has 0 aromatic heterocycles. The van der Waals surface area contributed by atoms with E-state index >= 15 is 0 Å². The number of hydrogen-bond acceptors (Lipinski definition) is 3. The number of carbonyl (C=O) groups excluding carboxylic acids is 1. The number of carboxylic acid groups (broad SMARTS) is 1. The van der Waals surface area contributed by atoms with Crippen molar-refractivity contribution >= 4 is 5.97 Å². The molecule has 1 atom stereocenters. The first kappa shape index (κ1) is 10.1. The van der Waals surface area contributed by atoms with Gasteiger partial charge in [0.1, 0.15) is 0 Å². The minimum absolute atomic E-state index is 0. The molecule has 0 saturated carbocycles. The molecule has 46 valence electrons. The van der Waals surface area contributed by atoms with Crippen LogP contribution in [0.15, 0.2) is 0 Å². The third kappa shape index (κ3) is 3.11. The van der Waals surface area contributed by atoms with E-state index in [1.165, 1.54) is 0 Å². The molecule has 1 saturated heterocycles. The third-order valence-corrected chi connectivity index (χ3v) is 1.39. The molecule has 0 bridgehead atoms. The maximum absolute atomic E-state index is 10.1. The fraction of sp³-hybridized carbons (Fsp3) is 0.800. The molecule has 1 fully saturated rings. The molecule has 1 aliphatic heterocycles. The Balaban J connectivity index is 0.000000640. The fourth-order valence-electron chi connectivity index (χ4n) is 0.856. The van der Waals surface area contributed by atoms with Crippen molar-refractivity contribution in [2.24, 2.45) is 5.92 Å². The van der Waals surface area contributed by atoms with Gasteiger partial charge in [-0.15, -0.1) is 0 Å². The zero-order chi connectivity index (χ0) is 5.98. The Hall–Kier alpha value is 1.07. The second-order valence-electron chi connectivity index (χ2n) is 2.01. The van der Waals surface area contributed by atoms with Crippen LogP contribution in [0.4, 0.5) is 0 Å². The molecule has 0 aromatic rings. The second kappa shape index (κ2) is 4.82. The molecule has 1 unspecified atom stereocenters. The summed E-state index contributed by atoms with van der Waals surface area (Å²) >= 11 is 0. The van der Waals surface area contributed by atoms with Crippen LogP contribution in [0.5, 0.6) is 0 Å². The van der Waals surface area contributed by atoms with Crippen LogP contribution in [0.25, 0.3) is 0 Å². The number of aliphatic carboxylic acids is 1. The number of carbonyl (C=O) groups is 1. The molecule has 4 heteroatoms. The summed E-state index contributed by atoms with van der Waals surface area (Å²) in [6.45, 7) is 1.40. The van der Waals surface area contributed by atoms with Gasteiger partial charge < -0.3 is 15.2 Å². The molecule has 1 rings (SSSR count). The molecule has 0 aromatic carbocycles. The Kier molecular flexibility index (Phi) is 5.39. The van der Waals surface area contributed by atoms with Crippen LogP contribution in [0.3, 0.4) is 0 Å². The van der Waals surface area contributed by atoms with E-state index in [9.17, 15) is 9.90 Å². The van der Waals surface area contributed by atoms with Crippen molar-refractivity contribution in [3.05, 3.63) is 0 Å². The van der Waals surface area contributed by atoms with Crippen LogP contribution < -0.4 is 61.8 Å². The third-order valence-electron chi connectivity index (χ3n) is 1.39. The zero-order valence-electron chi connectivity index (χ0n) is 5.52. The van der Waals surface area contributed by atoms with Gasteiger partial charge in [-0.25, -0.2) is 0 Å². The smallest absolute Gasteiger partial charge is 0.550 e. The first-order valence-corrected chi connectivity index (χ1v) is 2.72. The summed E-state index contributed by atoms with van der Waals surface area (Å²) in [6, 6.07) is 0. The molecule has 1 N–H and O–H groups in total. The minimum Gasteiger partial charge on any atom is -0.550 e. The van der Waals surface area contributed by atoms with Crippen molar-refractivity contribution in [1.82, 2.24) is 5.32 Å². The Morgan fingerprint density at radius 1 is 1.67 bits per heavy atom. The van der Waals surface area contributed by atoms with Crippen molar-refractivity contribution in [3.8, 4) is 0 Å². The molecule has 1 aliphatic rings. The van der Waals surface area contributed by atoms with E-state index in [2.05, 4.69) is 5.32 Å². The van der Waals surface area contributed by atoms with Gasteiger partial charge >= 0.3 is 51.4 Å². The number of rotatable bonds is 1. The fourth-order valence-corrected chi connectivity index (χ4v) is 0.856. The van der Waals surface area contributed by atoms with E-state index in [0.717, 1.165) is 13.0 Å². The summed E-state index contributed by atoms with van der Waals surface area (Å²) in [5, 5.41) is 13.0. The number of nitrogens with one attached hydrogen (secondary N) is 1. The number of hydrogen-bond donors (Lipinski definition) is 1. The van der Waals surface area contributed by atoms with Gasteiger partial charge in [0, 0.05) is 18.4 Å². The summed E-state index contributed by atoms with van der Waals surface area (Å²) < 4.78 is 0. The van der Waals surface area contributed by atoms with Gasteiger partial charge in [0.25, 0.3) is 0 Å². The van der Waals surface area contributed by atoms with Gasteiger partial charge in [0.05, 0.1) is 0 Å². The van der Waals surface area contributed by atoms with Gasteiger partial charge in [-0.05, 0) is 13.0 Å². The van der Waals surface area contributed by atoms with E-state index in [-0.39, 0.29) is 57.3 Å². The van der Waals surface area contributed by atoms with Crippen LogP contribution in [-0.2, 0) is 4.79 Å². The Morgan fingerprint density at radius 3 is 2.56 bits per heavy atom. The Morgan fingerprint density at radius 2 is 2.33 bits per heavy atom. The molecule has 1 heterocycles. The summed E-state index contributed by atoms with van der Waals surface area (Å²) in [7, 11) is 0. The topological polar surface area (TPSA) is 52.2 Å². The predicted molar refractivity (Wildman–Crippen MR) is 26.0 cm³/mol. The summed E-state index contributed by atoms with van der Waals surface area (Å²) in [6.07, 6.45) is 0.725. The van der Waals surface area contributed by atoms with Gasteiger partial charge in [-0.3, -0.25) is 0 Å². The standard InChI is InChI=1S/C5H9NO2.K/c7-5(8)4-1-2-6-3-4;/h4,6H,1-3H2,(H,7,8);/q;+1/p-1. The first-order chi connectivity index (χ1) is 3.80. The van der Waals surface area contributed by atoms with Crippen LogP contribution in [0, 0.1) is 5.92 Å². The molecule has 0 radical (unpaired) electrons. The van der Waals surface area contributed by atoms with Crippen LogP contribution in [0.1, 0.15) is 6.42 Å². The second-order valence-corrected chi connectivity index (χ2v) is 2.01. The van der Waals surface area contributed by atoms with Crippen molar-refractivity contribution in [2.75, 3.05) is 13.1 Å². The Labute approximate surface area is 96.6 Å². The SMILES string of the molecule is O=C([O-])C1CCNC1.[K+]. The molecule has 0 aliphatic carbocycles. The molecular weight excluding hydrogens is 145 g/mol. The van der Waals surface area contributed by atoms with E-state index in [1.807, 2.05) is 0 Å². The average molecular weight is 153 g/mol. The molecule has 0 spiro atoms. The van der Waals surface area contributed by atoms with Crippen molar-refractivity contribution < 1.29 is 61.3 Å². The van der Waals surface area contributed by atoms with Crippen molar-refractivity contribution in [3.63, 3.8) is 0 Å². The predicted octanol–water partition coefficient (Wildman–Crippen LogP) is -4.65. The summed E-state index contributed by atoms with van der Waals surface area (Å²) in [5.41, 5.74) is 0. The largest absolute Gasteiger partial charge is 1.00 e. The zero-order valence-corrected chi connectivity index (χ0v) is 8.64. The van der Waals surface area contributed by atoms with Crippen LogP contribution >= 0.6 is 0 Å². The minimum atomic E-state index is -0.921. The monoisotopic (exact) mass is 153 g/mol. The van der Waals surface area contributed by atoms with Gasteiger partial charge in [-0.2, -0.15) is 0 Å². The van der Waals surface area contributed by atoms with E-state index in [4.69, 9.17) is 0 Å². The summed E-state index contributed by atoms with van der Waals surface area (Å²) in [5.74, 6) is -1.16. The van der Waals surface area contributed by atoms with Crippen LogP contribution in [0.2, 0.25) is 0 Å². The van der Waals surface area contributed by atoms with Gasteiger partial charge in [-0.1, -0.05) is 0 Å². The molecule has 3 nitrogen and oxygen atoms in total. The maximum atomic E-state index is 10.1. The van der Waals surface area contributed by atoms with Crippen molar-refractivity contribution in [2.45, 2.75) is 6.42 Å². The van der Waals surface area contributed by atoms with Gasteiger partial charge in [0.2, 0.25) is 0 Å². The normalized spacial score (nSPS) is 25.1. The van der Waals surface area contributed by atoms with Crippen LogP contribution in [-0.4, -0.2) is 19.1 Å². The Bertz CT molecular complexity index is 101. The summed E-state index contributed by atoms with van der Waals surface area (Å²) in [4.78, 5) is 10.1. The molecule has 9 heavy (non-hydrogen) atoms. The average Bonchev–Trinajstić information content (AvgIpc) is 2.12. The number of carboxylic acids is 1. The first-order valence-electron chi connectivity index (χ1n) is 2.72. The quantitative estimate of drug-likeness (QED) is 0.385. The van der Waals surface area contributed by atoms with E-state index in [1.54, 1.807) is 0 Å². The van der Waals surface area contributed by atoms with E-state index < -0.39 is 5.97 Å². The van der Waals surface area contributed by atoms with E-state index in [0.29, 0.717) is 6.54 Å². The van der Waals surface area contributed by atoms with Crippen molar-refractivity contribution in [1.29, 1.82) is 0 Å². The van der Waals surface area contributed by atoms with Gasteiger partial charge in [0.15, 0.2) is 0 Å². The maximum Gasteiger partial charge on any atom is 1.00 e. The molecule has 0 amide bonds. The molecular formula is C5H8KNO2.